The van der Waals surface area contributed by atoms with Crippen LogP contribution in [0.25, 0.3) is 0 Å². The molecule has 0 aromatic heterocycles. The number of nitrogens with one attached hydrogen (secondary N) is 1. The Morgan fingerprint density at radius 3 is 2.81 bits per heavy atom. The summed E-state index contributed by atoms with van der Waals surface area (Å²) < 4.78 is 32.1. The fraction of sp³-hybridized carbons (Fsp3) is 0.333. The minimum atomic E-state index is -0.837. The standard InChI is InChI=1S/C12H13F2NO/c1-15-12(10-6-3-7-16-10)8-4-2-5-9(13)11(8)14/h2,4-6,12,15H,3,7H2,1H3. The van der Waals surface area contributed by atoms with Gasteiger partial charge in [-0.15, -0.1) is 0 Å². The monoisotopic (exact) mass is 225 g/mol. The molecule has 1 aromatic carbocycles. The van der Waals surface area contributed by atoms with Crippen LogP contribution in [0.2, 0.25) is 0 Å². The first-order valence-corrected chi connectivity index (χ1v) is 5.18. The van der Waals surface area contributed by atoms with Gasteiger partial charge in [-0.05, 0) is 19.2 Å². The van der Waals surface area contributed by atoms with Crippen LogP contribution in [0.3, 0.4) is 0 Å². The Morgan fingerprint density at radius 1 is 1.38 bits per heavy atom. The van der Waals surface area contributed by atoms with Crippen LogP contribution in [-0.4, -0.2) is 13.7 Å². The fourth-order valence-electron chi connectivity index (χ4n) is 1.83. The van der Waals surface area contributed by atoms with E-state index in [1.165, 1.54) is 6.07 Å². The van der Waals surface area contributed by atoms with E-state index in [1.807, 2.05) is 6.08 Å². The van der Waals surface area contributed by atoms with Crippen LogP contribution in [0, 0.1) is 11.6 Å². The lowest BCUT2D eigenvalue weighted by Crippen LogP contribution is -2.20. The molecule has 0 aliphatic carbocycles. The van der Waals surface area contributed by atoms with E-state index in [-0.39, 0.29) is 5.56 Å². The molecule has 1 unspecified atom stereocenters. The summed E-state index contributed by atoms with van der Waals surface area (Å²) in [6.07, 6.45) is 2.70. The van der Waals surface area contributed by atoms with Crippen molar-refractivity contribution in [2.24, 2.45) is 0 Å². The van der Waals surface area contributed by atoms with E-state index in [0.29, 0.717) is 12.4 Å². The predicted molar refractivity (Wildman–Crippen MR) is 56.8 cm³/mol. The second-order valence-corrected chi connectivity index (χ2v) is 3.61. The highest BCUT2D eigenvalue weighted by molar-refractivity contribution is 5.28. The zero-order valence-electron chi connectivity index (χ0n) is 8.97. The minimum absolute atomic E-state index is 0.274. The highest BCUT2D eigenvalue weighted by atomic mass is 19.2. The maximum absolute atomic E-state index is 13.6. The van der Waals surface area contributed by atoms with Crippen LogP contribution in [0.1, 0.15) is 18.0 Å². The molecule has 0 saturated carbocycles. The van der Waals surface area contributed by atoms with Gasteiger partial charge in [0.25, 0.3) is 0 Å². The van der Waals surface area contributed by atoms with Crippen molar-refractivity contribution in [2.75, 3.05) is 13.7 Å². The van der Waals surface area contributed by atoms with Crippen molar-refractivity contribution in [1.29, 1.82) is 0 Å². The Morgan fingerprint density at radius 2 is 2.19 bits per heavy atom. The van der Waals surface area contributed by atoms with E-state index in [2.05, 4.69) is 5.32 Å². The normalized spacial score (nSPS) is 16.8. The first-order chi connectivity index (χ1) is 7.74. The molecule has 1 aliphatic heterocycles. The lowest BCUT2D eigenvalue weighted by molar-refractivity contribution is 0.216. The highest BCUT2D eigenvalue weighted by Gasteiger charge is 2.23. The average molecular weight is 225 g/mol. The van der Waals surface area contributed by atoms with E-state index < -0.39 is 17.7 Å². The lowest BCUT2D eigenvalue weighted by Gasteiger charge is -2.18. The van der Waals surface area contributed by atoms with Crippen molar-refractivity contribution in [3.05, 3.63) is 47.2 Å². The van der Waals surface area contributed by atoms with Gasteiger partial charge >= 0.3 is 0 Å². The van der Waals surface area contributed by atoms with Crippen molar-refractivity contribution in [3.63, 3.8) is 0 Å². The van der Waals surface area contributed by atoms with Crippen molar-refractivity contribution < 1.29 is 13.5 Å². The van der Waals surface area contributed by atoms with Gasteiger partial charge < -0.3 is 10.1 Å². The molecule has 0 fully saturated rings. The number of halogens is 2. The molecule has 1 heterocycles. The molecule has 4 heteroatoms. The number of hydrogen-bond donors (Lipinski definition) is 1. The summed E-state index contributed by atoms with van der Waals surface area (Å²) in [5.41, 5.74) is 0.274. The van der Waals surface area contributed by atoms with E-state index in [1.54, 1.807) is 13.1 Å². The largest absolute Gasteiger partial charge is 0.496 e. The van der Waals surface area contributed by atoms with Gasteiger partial charge in [0.05, 0.1) is 12.6 Å². The van der Waals surface area contributed by atoms with Gasteiger partial charge in [-0.1, -0.05) is 12.1 Å². The SMILES string of the molecule is CNC(C1=CCCO1)c1cccc(F)c1F. The van der Waals surface area contributed by atoms with Crippen molar-refractivity contribution in [1.82, 2.24) is 5.32 Å². The summed E-state index contributed by atoms with van der Waals surface area (Å²) in [6.45, 7) is 0.602. The Balaban J connectivity index is 2.36. The fourth-order valence-corrected chi connectivity index (χ4v) is 1.83. The average Bonchev–Trinajstić information content (AvgIpc) is 2.79. The highest BCUT2D eigenvalue weighted by Crippen LogP contribution is 2.28. The Kier molecular flexibility index (Phi) is 3.19. The maximum atomic E-state index is 13.6. The Hall–Kier alpha value is -1.42. The van der Waals surface area contributed by atoms with Crippen molar-refractivity contribution in [3.8, 4) is 0 Å². The summed E-state index contributed by atoms with van der Waals surface area (Å²) in [5.74, 6) is -0.999. The summed E-state index contributed by atoms with van der Waals surface area (Å²) in [4.78, 5) is 0. The molecule has 2 rings (SSSR count). The number of likely N-dealkylation sites (N-methyl/N-ethyl adjacent to an activating group) is 1. The van der Waals surface area contributed by atoms with Gasteiger partial charge in [-0.25, -0.2) is 8.78 Å². The van der Waals surface area contributed by atoms with Gasteiger partial charge in [-0.2, -0.15) is 0 Å². The number of ether oxygens (including phenoxy) is 1. The predicted octanol–water partition coefficient (Wildman–Crippen LogP) is 2.53. The topological polar surface area (TPSA) is 21.3 Å². The smallest absolute Gasteiger partial charge is 0.164 e. The third kappa shape index (κ3) is 1.93. The molecule has 0 bridgehead atoms. The molecule has 0 amide bonds. The summed E-state index contributed by atoms with van der Waals surface area (Å²) >= 11 is 0. The summed E-state index contributed by atoms with van der Waals surface area (Å²) in [5, 5.41) is 2.93. The summed E-state index contributed by atoms with van der Waals surface area (Å²) in [6, 6.07) is 3.74. The lowest BCUT2D eigenvalue weighted by atomic mass is 10.0. The number of benzene rings is 1. The van der Waals surface area contributed by atoms with Gasteiger partial charge in [0.15, 0.2) is 11.6 Å². The second-order valence-electron chi connectivity index (χ2n) is 3.61. The van der Waals surface area contributed by atoms with Gasteiger partial charge in [0, 0.05) is 12.0 Å². The molecule has 2 nitrogen and oxygen atoms in total. The molecule has 1 N–H and O–H groups in total. The van der Waals surface area contributed by atoms with Gasteiger partial charge in [0.2, 0.25) is 0 Å². The molecular weight excluding hydrogens is 212 g/mol. The third-order valence-corrected chi connectivity index (χ3v) is 2.60. The maximum Gasteiger partial charge on any atom is 0.164 e. The van der Waals surface area contributed by atoms with Crippen LogP contribution < -0.4 is 5.32 Å². The van der Waals surface area contributed by atoms with Crippen LogP contribution in [-0.2, 0) is 4.74 Å². The molecule has 0 spiro atoms. The van der Waals surface area contributed by atoms with Crippen LogP contribution >= 0.6 is 0 Å². The van der Waals surface area contributed by atoms with Gasteiger partial charge in [0.1, 0.15) is 5.76 Å². The van der Waals surface area contributed by atoms with Crippen LogP contribution in [0.5, 0.6) is 0 Å². The van der Waals surface area contributed by atoms with Crippen molar-refractivity contribution in [2.45, 2.75) is 12.5 Å². The molecule has 1 aliphatic rings. The van der Waals surface area contributed by atoms with E-state index in [9.17, 15) is 8.78 Å². The molecule has 1 atom stereocenters. The first-order valence-electron chi connectivity index (χ1n) is 5.18. The quantitative estimate of drug-likeness (QED) is 0.853. The first kappa shape index (κ1) is 11.1. The van der Waals surface area contributed by atoms with Crippen LogP contribution in [0.4, 0.5) is 8.78 Å². The van der Waals surface area contributed by atoms with Gasteiger partial charge in [-0.3, -0.25) is 0 Å². The molecule has 0 saturated heterocycles. The van der Waals surface area contributed by atoms with E-state index >= 15 is 0 Å². The molecular formula is C12H13F2NO. The minimum Gasteiger partial charge on any atom is -0.496 e. The zero-order valence-corrected chi connectivity index (χ0v) is 8.97. The van der Waals surface area contributed by atoms with E-state index in [4.69, 9.17) is 4.74 Å². The molecule has 86 valence electrons. The second kappa shape index (κ2) is 4.61. The summed E-state index contributed by atoms with van der Waals surface area (Å²) in [7, 11) is 1.69. The molecule has 1 aromatic rings. The Labute approximate surface area is 92.9 Å². The number of hydrogen-bond acceptors (Lipinski definition) is 2. The van der Waals surface area contributed by atoms with E-state index in [0.717, 1.165) is 12.5 Å². The molecule has 16 heavy (non-hydrogen) atoms. The number of rotatable bonds is 3. The Bertz CT molecular complexity index is 417. The molecule has 0 radical (unpaired) electrons. The zero-order chi connectivity index (χ0) is 11.5. The van der Waals surface area contributed by atoms with Crippen LogP contribution in [0.15, 0.2) is 30.0 Å². The third-order valence-electron chi connectivity index (χ3n) is 2.60. The van der Waals surface area contributed by atoms with Crippen molar-refractivity contribution >= 4 is 0 Å².